The molecule has 0 unspecified atom stereocenters. The topological polar surface area (TPSA) is 52.0 Å². The fourth-order valence-electron chi connectivity index (χ4n) is 1.52. The van der Waals surface area contributed by atoms with Gasteiger partial charge >= 0.3 is 0 Å². The van der Waals surface area contributed by atoms with Crippen molar-refractivity contribution in [2.45, 2.75) is 6.92 Å². The zero-order chi connectivity index (χ0) is 10.1. The van der Waals surface area contributed by atoms with Gasteiger partial charge in [0.15, 0.2) is 0 Å². The highest BCUT2D eigenvalue weighted by atomic mass is 32.1. The summed E-state index contributed by atoms with van der Waals surface area (Å²) in [7, 11) is 0. The lowest BCUT2D eigenvalue weighted by Gasteiger charge is -2.01. The van der Waals surface area contributed by atoms with Crippen LogP contribution in [0.1, 0.15) is 5.56 Å². The van der Waals surface area contributed by atoms with Gasteiger partial charge in [-0.25, -0.2) is 0 Å². The molecule has 0 radical (unpaired) electrons. The summed E-state index contributed by atoms with van der Waals surface area (Å²) in [5, 5.41) is 1.60. The molecule has 0 bridgehead atoms. The third-order valence-corrected chi connectivity index (χ3v) is 3.22. The fraction of sp³-hybridized carbons (Fsp3) is 0.0909. The van der Waals surface area contributed by atoms with E-state index in [0.29, 0.717) is 0 Å². The minimum absolute atomic E-state index is 0.797. The van der Waals surface area contributed by atoms with Crippen molar-refractivity contribution in [3.63, 3.8) is 0 Å². The van der Waals surface area contributed by atoms with Crippen molar-refractivity contribution in [3.05, 3.63) is 35.9 Å². The molecule has 0 saturated heterocycles. The number of benzene rings is 1. The van der Waals surface area contributed by atoms with Gasteiger partial charge in [0.2, 0.25) is 0 Å². The van der Waals surface area contributed by atoms with E-state index >= 15 is 0 Å². The molecule has 0 spiro atoms. The highest BCUT2D eigenvalue weighted by Gasteiger charge is 2.11. The molecule has 1 heterocycles. The molecular formula is C11H12N2S. The number of hydrogen-bond acceptors (Lipinski definition) is 3. The quantitative estimate of drug-likeness (QED) is 0.750. The number of nitrogens with two attached hydrogens (primary N) is 2. The Hall–Kier alpha value is -1.48. The molecule has 72 valence electrons. The first-order valence-corrected chi connectivity index (χ1v) is 5.21. The van der Waals surface area contributed by atoms with E-state index in [0.717, 1.165) is 26.7 Å². The first kappa shape index (κ1) is 9.09. The molecule has 0 atom stereocenters. The normalized spacial score (nSPS) is 10.4. The minimum atomic E-state index is 0.797. The van der Waals surface area contributed by atoms with Crippen LogP contribution in [0.25, 0.3) is 11.1 Å². The maximum absolute atomic E-state index is 5.91. The summed E-state index contributed by atoms with van der Waals surface area (Å²) in [5.41, 5.74) is 15.0. The lowest BCUT2D eigenvalue weighted by molar-refractivity contribution is 1.52. The Kier molecular flexibility index (Phi) is 2.17. The summed E-state index contributed by atoms with van der Waals surface area (Å²) in [6, 6.07) is 10.1. The maximum Gasteiger partial charge on any atom is 0.0960 e. The molecule has 0 fully saturated rings. The molecule has 14 heavy (non-hydrogen) atoms. The molecule has 1 aromatic carbocycles. The van der Waals surface area contributed by atoms with Crippen LogP contribution in [0.4, 0.5) is 10.0 Å². The van der Waals surface area contributed by atoms with Crippen LogP contribution >= 0.6 is 11.3 Å². The van der Waals surface area contributed by atoms with E-state index < -0.39 is 0 Å². The second-order valence-electron chi connectivity index (χ2n) is 3.20. The molecule has 0 amide bonds. The van der Waals surface area contributed by atoms with Crippen LogP contribution in [0.3, 0.4) is 0 Å². The van der Waals surface area contributed by atoms with Gasteiger partial charge in [0.25, 0.3) is 0 Å². The zero-order valence-electron chi connectivity index (χ0n) is 7.95. The molecule has 1 aromatic heterocycles. The Bertz CT molecular complexity index is 446. The predicted octanol–water partition coefficient (Wildman–Crippen LogP) is 2.89. The highest BCUT2D eigenvalue weighted by molar-refractivity contribution is 7.20. The van der Waals surface area contributed by atoms with Crippen molar-refractivity contribution in [1.82, 2.24) is 0 Å². The van der Waals surface area contributed by atoms with E-state index in [4.69, 9.17) is 11.5 Å². The van der Waals surface area contributed by atoms with Gasteiger partial charge in [0.1, 0.15) is 0 Å². The SMILES string of the molecule is Cc1c(N)sc(N)c1-c1ccccc1. The van der Waals surface area contributed by atoms with E-state index in [2.05, 4.69) is 0 Å². The van der Waals surface area contributed by atoms with Crippen molar-refractivity contribution < 1.29 is 0 Å². The van der Waals surface area contributed by atoms with Crippen molar-refractivity contribution in [2.24, 2.45) is 0 Å². The Balaban J connectivity index is 2.62. The summed E-state index contributed by atoms with van der Waals surface area (Å²) in [6.07, 6.45) is 0. The molecule has 0 aliphatic carbocycles. The van der Waals surface area contributed by atoms with Crippen molar-refractivity contribution >= 4 is 21.3 Å². The van der Waals surface area contributed by atoms with Gasteiger partial charge in [-0.2, -0.15) is 0 Å². The number of nitrogen functional groups attached to an aromatic ring is 2. The molecule has 2 aromatic rings. The van der Waals surface area contributed by atoms with Gasteiger partial charge in [-0.05, 0) is 18.1 Å². The highest BCUT2D eigenvalue weighted by Crippen LogP contribution is 2.39. The molecule has 4 N–H and O–H groups in total. The summed E-state index contributed by atoms with van der Waals surface area (Å²) >= 11 is 1.45. The molecular weight excluding hydrogens is 192 g/mol. The Morgan fingerprint density at radius 3 is 2.14 bits per heavy atom. The van der Waals surface area contributed by atoms with Crippen molar-refractivity contribution in [1.29, 1.82) is 0 Å². The van der Waals surface area contributed by atoms with Crippen LogP contribution in [-0.2, 0) is 0 Å². The summed E-state index contributed by atoms with van der Waals surface area (Å²) < 4.78 is 0. The number of rotatable bonds is 1. The number of thiophene rings is 1. The van der Waals surface area contributed by atoms with Crippen LogP contribution in [0.15, 0.2) is 30.3 Å². The molecule has 2 nitrogen and oxygen atoms in total. The van der Waals surface area contributed by atoms with Crippen LogP contribution < -0.4 is 11.5 Å². The van der Waals surface area contributed by atoms with Crippen LogP contribution in [-0.4, -0.2) is 0 Å². The molecule has 2 rings (SSSR count). The summed E-state index contributed by atoms with van der Waals surface area (Å²) in [5.74, 6) is 0. The number of anilines is 2. The summed E-state index contributed by atoms with van der Waals surface area (Å²) in [6.45, 7) is 2.00. The molecule has 3 heteroatoms. The first-order valence-electron chi connectivity index (χ1n) is 4.40. The van der Waals surface area contributed by atoms with E-state index in [9.17, 15) is 0 Å². The Labute approximate surface area is 87.2 Å². The smallest absolute Gasteiger partial charge is 0.0960 e. The average molecular weight is 204 g/mol. The third-order valence-electron chi connectivity index (χ3n) is 2.27. The van der Waals surface area contributed by atoms with Gasteiger partial charge in [-0.1, -0.05) is 30.3 Å². The van der Waals surface area contributed by atoms with E-state index in [1.165, 1.54) is 11.3 Å². The Morgan fingerprint density at radius 2 is 1.64 bits per heavy atom. The zero-order valence-corrected chi connectivity index (χ0v) is 8.77. The van der Waals surface area contributed by atoms with E-state index in [1.807, 2.05) is 37.3 Å². The number of hydrogen-bond donors (Lipinski definition) is 2. The van der Waals surface area contributed by atoms with Crippen LogP contribution in [0, 0.1) is 6.92 Å². The molecule has 0 aliphatic heterocycles. The van der Waals surface area contributed by atoms with Gasteiger partial charge in [0.05, 0.1) is 10.0 Å². The summed E-state index contributed by atoms with van der Waals surface area (Å²) in [4.78, 5) is 0. The largest absolute Gasteiger partial charge is 0.390 e. The van der Waals surface area contributed by atoms with Gasteiger partial charge in [0, 0.05) is 5.56 Å². The standard InChI is InChI=1S/C11H12N2S/c1-7-9(11(13)14-10(7)12)8-5-3-2-4-6-8/h2-6H,12-13H2,1H3. The second-order valence-corrected chi connectivity index (χ2v) is 4.28. The maximum atomic E-state index is 5.91. The predicted molar refractivity (Wildman–Crippen MR) is 63.3 cm³/mol. The molecule has 0 aliphatic rings. The molecule has 0 saturated carbocycles. The first-order chi connectivity index (χ1) is 6.70. The minimum Gasteiger partial charge on any atom is -0.390 e. The lowest BCUT2D eigenvalue weighted by atomic mass is 10.0. The van der Waals surface area contributed by atoms with Crippen molar-refractivity contribution in [2.75, 3.05) is 11.5 Å². The second kappa shape index (κ2) is 3.35. The van der Waals surface area contributed by atoms with Crippen LogP contribution in [0.5, 0.6) is 0 Å². The Morgan fingerprint density at radius 1 is 1.00 bits per heavy atom. The van der Waals surface area contributed by atoms with Crippen molar-refractivity contribution in [3.8, 4) is 11.1 Å². The van der Waals surface area contributed by atoms with Gasteiger partial charge in [-0.3, -0.25) is 0 Å². The van der Waals surface area contributed by atoms with Crippen LogP contribution in [0.2, 0.25) is 0 Å². The third kappa shape index (κ3) is 1.36. The van der Waals surface area contributed by atoms with Gasteiger partial charge in [-0.15, -0.1) is 11.3 Å². The van der Waals surface area contributed by atoms with E-state index in [1.54, 1.807) is 0 Å². The van der Waals surface area contributed by atoms with E-state index in [-0.39, 0.29) is 0 Å². The fourth-order valence-corrected chi connectivity index (χ4v) is 2.38. The monoisotopic (exact) mass is 204 g/mol. The average Bonchev–Trinajstić information content (AvgIpc) is 2.43. The lowest BCUT2D eigenvalue weighted by Crippen LogP contribution is -1.86. The van der Waals surface area contributed by atoms with Gasteiger partial charge < -0.3 is 11.5 Å².